The molecule has 2 N–H and O–H groups in total. The number of nitrogens with zero attached hydrogens (tertiary/aromatic N) is 3. The SMILES string of the molecule is Cc1cc(NCc2cn[nH]c2C)nc(C(C)C)n1. The first kappa shape index (κ1) is 12.5. The zero-order valence-electron chi connectivity index (χ0n) is 11.3. The predicted molar refractivity (Wildman–Crippen MR) is 71.5 cm³/mol. The van der Waals surface area contributed by atoms with E-state index in [0.717, 1.165) is 35.1 Å². The second-order valence-electron chi connectivity index (χ2n) is 4.78. The maximum absolute atomic E-state index is 4.51. The van der Waals surface area contributed by atoms with Gasteiger partial charge in [-0.05, 0) is 13.8 Å². The second-order valence-corrected chi connectivity index (χ2v) is 4.78. The van der Waals surface area contributed by atoms with Crippen molar-refractivity contribution in [2.24, 2.45) is 0 Å². The number of anilines is 1. The highest BCUT2D eigenvalue weighted by Gasteiger charge is 2.06. The fourth-order valence-electron chi connectivity index (χ4n) is 1.68. The van der Waals surface area contributed by atoms with Gasteiger partial charge < -0.3 is 5.32 Å². The van der Waals surface area contributed by atoms with Gasteiger partial charge in [0.2, 0.25) is 0 Å². The number of nitrogens with one attached hydrogen (secondary N) is 2. The van der Waals surface area contributed by atoms with Gasteiger partial charge in [0.25, 0.3) is 0 Å². The molecule has 0 unspecified atom stereocenters. The molecule has 2 rings (SSSR count). The van der Waals surface area contributed by atoms with E-state index in [1.165, 1.54) is 0 Å². The molecule has 2 heterocycles. The van der Waals surface area contributed by atoms with Crippen molar-refractivity contribution in [2.75, 3.05) is 5.32 Å². The maximum atomic E-state index is 4.51. The van der Waals surface area contributed by atoms with Crippen molar-refractivity contribution < 1.29 is 0 Å². The van der Waals surface area contributed by atoms with E-state index >= 15 is 0 Å². The molecule has 0 aliphatic carbocycles. The lowest BCUT2D eigenvalue weighted by atomic mass is 10.2. The van der Waals surface area contributed by atoms with Crippen LogP contribution in [0.5, 0.6) is 0 Å². The molecule has 0 saturated heterocycles. The summed E-state index contributed by atoms with van der Waals surface area (Å²) >= 11 is 0. The monoisotopic (exact) mass is 245 g/mol. The van der Waals surface area contributed by atoms with Gasteiger partial charge in [-0.1, -0.05) is 13.8 Å². The standard InChI is InChI=1S/C13H19N5/c1-8(2)13-16-9(3)5-12(17-13)14-6-11-7-15-18-10(11)4/h5,7-8H,6H2,1-4H3,(H,15,18)(H,14,16,17). The van der Waals surface area contributed by atoms with Gasteiger partial charge >= 0.3 is 0 Å². The average molecular weight is 245 g/mol. The Morgan fingerprint density at radius 2 is 2.06 bits per heavy atom. The molecular weight excluding hydrogens is 226 g/mol. The highest BCUT2D eigenvalue weighted by molar-refractivity contribution is 5.37. The highest BCUT2D eigenvalue weighted by atomic mass is 15.1. The number of aromatic amines is 1. The van der Waals surface area contributed by atoms with E-state index in [9.17, 15) is 0 Å². The minimum Gasteiger partial charge on any atom is -0.366 e. The molecule has 18 heavy (non-hydrogen) atoms. The van der Waals surface area contributed by atoms with Crippen LogP contribution in [-0.2, 0) is 6.54 Å². The van der Waals surface area contributed by atoms with Crippen molar-refractivity contribution in [3.8, 4) is 0 Å². The Kier molecular flexibility index (Phi) is 3.60. The normalized spacial score (nSPS) is 10.9. The molecule has 0 fully saturated rings. The Labute approximate surface area is 107 Å². The van der Waals surface area contributed by atoms with Crippen LogP contribution in [0.15, 0.2) is 12.3 Å². The minimum absolute atomic E-state index is 0.334. The molecule has 2 aromatic rings. The fraction of sp³-hybridized carbons (Fsp3) is 0.462. The molecule has 0 aliphatic rings. The highest BCUT2D eigenvalue weighted by Crippen LogP contribution is 2.14. The summed E-state index contributed by atoms with van der Waals surface area (Å²) in [5.74, 6) is 2.08. The van der Waals surface area contributed by atoms with Crippen LogP contribution in [0.25, 0.3) is 0 Å². The van der Waals surface area contributed by atoms with Crippen LogP contribution >= 0.6 is 0 Å². The van der Waals surface area contributed by atoms with E-state index in [0.29, 0.717) is 5.92 Å². The van der Waals surface area contributed by atoms with Gasteiger partial charge in [0.15, 0.2) is 0 Å². The quantitative estimate of drug-likeness (QED) is 0.868. The van der Waals surface area contributed by atoms with E-state index in [2.05, 4.69) is 39.3 Å². The smallest absolute Gasteiger partial charge is 0.133 e. The summed E-state index contributed by atoms with van der Waals surface area (Å²) in [5.41, 5.74) is 3.22. The average Bonchev–Trinajstić information content (AvgIpc) is 2.71. The summed E-state index contributed by atoms with van der Waals surface area (Å²) < 4.78 is 0. The number of hydrogen-bond acceptors (Lipinski definition) is 4. The Bertz CT molecular complexity index is 530. The summed E-state index contributed by atoms with van der Waals surface area (Å²) in [6, 6.07) is 1.96. The molecule has 0 spiro atoms. The number of aromatic nitrogens is 4. The van der Waals surface area contributed by atoms with Gasteiger partial charge in [-0.2, -0.15) is 5.10 Å². The van der Waals surface area contributed by atoms with Crippen LogP contribution in [-0.4, -0.2) is 20.2 Å². The number of aryl methyl sites for hydroxylation is 2. The minimum atomic E-state index is 0.334. The lowest BCUT2D eigenvalue weighted by molar-refractivity contribution is 0.766. The summed E-state index contributed by atoms with van der Waals surface area (Å²) in [6.45, 7) is 8.91. The van der Waals surface area contributed by atoms with Crippen molar-refractivity contribution in [3.05, 3.63) is 35.0 Å². The Morgan fingerprint density at radius 3 is 2.67 bits per heavy atom. The third kappa shape index (κ3) is 2.85. The van der Waals surface area contributed by atoms with Crippen molar-refractivity contribution >= 4 is 5.82 Å². The van der Waals surface area contributed by atoms with E-state index < -0.39 is 0 Å². The molecule has 2 aromatic heterocycles. The molecule has 96 valence electrons. The van der Waals surface area contributed by atoms with E-state index in [1.807, 2.05) is 26.1 Å². The Morgan fingerprint density at radius 1 is 1.28 bits per heavy atom. The molecule has 5 heteroatoms. The van der Waals surface area contributed by atoms with Crippen LogP contribution in [0.1, 0.15) is 42.5 Å². The molecule has 0 atom stereocenters. The zero-order valence-corrected chi connectivity index (χ0v) is 11.3. The molecule has 0 amide bonds. The lowest BCUT2D eigenvalue weighted by Gasteiger charge is -2.09. The number of hydrogen-bond donors (Lipinski definition) is 2. The summed E-state index contributed by atoms with van der Waals surface area (Å²) in [4.78, 5) is 8.94. The molecule has 0 saturated carbocycles. The molecule has 0 aromatic carbocycles. The first-order valence-corrected chi connectivity index (χ1v) is 6.14. The van der Waals surface area contributed by atoms with Gasteiger partial charge in [0.1, 0.15) is 11.6 Å². The van der Waals surface area contributed by atoms with Gasteiger partial charge in [-0.15, -0.1) is 0 Å². The van der Waals surface area contributed by atoms with Crippen molar-refractivity contribution in [1.82, 2.24) is 20.2 Å². The predicted octanol–water partition coefficient (Wildman–Crippen LogP) is 2.55. The molecular formula is C13H19N5. The first-order valence-electron chi connectivity index (χ1n) is 6.14. The molecule has 0 radical (unpaired) electrons. The molecule has 0 bridgehead atoms. The Balaban J connectivity index is 2.12. The third-order valence-corrected chi connectivity index (χ3v) is 2.78. The largest absolute Gasteiger partial charge is 0.366 e. The third-order valence-electron chi connectivity index (χ3n) is 2.78. The first-order chi connectivity index (χ1) is 8.56. The van der Waals surface area contributed by atoms with Crippen molar-refractivity contribution in [3.63, 3.8) is 0 Å². The van der Waals surface area contributed by atoms with Crippen LogP contribution in [0, 0.1) is 13.8 Å². The Hall–Kier alpha value is -1.91. The summed E-state index contributed by atoms with van der Waals surface area (Å²) in [7, 11) is 0. The number of rotatable bonds is 4. The zero-order chi connectivity index (χ0) is 13.1. The lowest BCUT2D eigenvalue weighted by Crippen LogP contribution is -2.06. The van der Waals surface area contributed by atoms with Crippen molar-refractivity contribution in [2.45, 2.75) is 40.2 Å². The van der Waals surface area contributed by atoms with E-state index in [1.54, 1.807) is 0 Å². The van der Waals surface area contributed by atoms with Crippen LogP contribution in [0.4, 0.5) is 5.82 Å². The summed E-state index contributed by atoms with van der Waals surface area (Å²) in [6.07, 6.45) is 1.83. The van der Waals surface area contributed by atoms with Crippen LogP contribution in [0.2, 0.25) is 0 Å². The van der Waals surface area contributed by atoms with Gasteiger partial charge in [0.05, 0.1) is 6.20 Å². The second kappa shape index (κ2) is 5.16. The summed E-state index contributed by atoms with van der Waals surface area (Å²) in [5, 5.41) is 10.2. The number of H-pyrrole nitrogens is 1. The fourth-order valence-corrected chi connectivity index (χ4v) is 1.68. The molecule has 5 nitrogen and oxygen atoms in total. The van der Waals surface area contributed by atoms with Crippen LogP contribution < -0.4 is 5.32 Å². The topological polar surface area (TPSA) is 66.5 Å². The van der Waals surface area contributed by atoms with Gasteiger partial charge in [0, 0.05) is 35.5 Å². The van der Waals surface area contributed by atoms with Gasteiger partial charge in [-0.25, -0.2) is 9.97 Å². The molecule has 0 aliphatic heterocycles. The maximum Gasteiger partial charge on any atom is 0.133 e. The van der Waals surface area contributed by atoms with Crippen LogP contribution in [0.3, 0.4) is 0 Å². The van der Waals surface area contributed by atoms with Crippen molar-refractivity contribution in [1.29, 1.82) is 0 Å². The van der Waals surface area contributed by atoms with Gasteiger partial charge in [-0.3, -0.25) is 5.10 Å². The van der Waals surface area contributed by atoms with E-state index in [4.69, 9.17) is 0 Å². The van der Waals surface area contributed by atoms with E-state index in [-0.39, 0.29) is 0 Å².